The molecule has 2 heterocycles. The zero-order valence-electron chi connectivity index (χ0n) is 7.86. The van der Waals surface area contributed by atoms with E-state index in [1.165, 1.54) is 12.8 Å². The average molecular weight is 178 g/mol. The molecular weight excluding hydrogens is 164 g/mol. The Balaban J connectivity index is 2.18. The first-order chi connectivity index (χ1) is 6.38. The molecule has 1 unspecified atom stereocenters. The van der Waals surface area contributed by atoms with Crippen molar-refractivity contribution in [3.63, 3.8) is 0 Å². The van der Waals surface area contributed by atoms with Gasteiger partial charge in [0.05, 0.1) is 11.8 Å². The molecule has 0 radical (unpaired) electrons. The fraction of sp³-hybridized carbons (Fsp3) is 0.600. The van der Waals surface area contributed by atoms with E-state index < -0.39 is 0 Å². The van der Waals surface area contributed by atoms with Gasteiger partial charge in [0.15, 0.2) is 0 Å². The highest BCUT2D eigenvalue weighted by Crippen LogP contribution is 2.27. The predicted molar refractivity (Wildman–Crippen MR) is 49.3 cm³/mol. The van der Waals surface area contributed by atoms with Gasteiger partial charge in [-0.25, -0.2) is 9.97 Å². The number of nitrogens with zero attached hydrogens (tertiary/aromatic N) is 2. The molecule has 3 nitrogen and oxygen atoms in total. The Morgan fingerprint density at radius 1 is 1.46 bits per heavy atom. The van der Waals surface area contributed by atoms with E-state index in [9.17, 15) is 0 Å². The minimum absolute atomic E-state index is 0.205. The zero-order valence-corrected chi connectivity index (χ0v) is 7.86. The van der Waals surface area contributed by atoms with Gasteiger partial charge < -0.3 is 4.74 Å². The first-order valence-corrected chi connectivity index (χ1v) is 4.76. The molecule has 1 aromatic rings. The van der Waals surface area contributed by atoms with E-state index in [0.29, 0.717) is 0 Å². The fourth-order valence-corrected chi connectivity index (χ4v) is 1.70. The molecule has 1 aliphatic rings. The lowest BCUT2D eigenvalue weighted by Gasteiger charge is -2.22. The Morgan fingerprint density at radius 2 is 2.38 bits per heavy atom. The van der Waals surface area contributed by atoms with Crippen LogP contribution in [0.2, 0.25) is 0 Å². The summed E-state index contributed by atoms with van der Waals surface area (Å²) >= 11 is 0. The fourth-order valence-electron chi connectivity index (χ4n) is 1.70. The number of aromatic nitrogens is 2. The molecule has 0 aliphatic carbocycles. The summed E-state index contributed by atoms with van der Waals surface area (Å²) in [7, 11) is 0. The van der Waals surface area contributed by atoms with Crippen molar-refractivity contribution in [1.29, 1.82) is 0 Å². The zero-order chi connectivity index (χ0) is 9.10. The van der Waals surface area contributed by atoms with Crippen molar-refractivity contribution in [3.8, 4) is 0 Å². The summed E-state index contributed by atoms with van der Waals surface area (Å²) in [5, 5.41) is 0. The second-order valence-corrected chi connectivity index (χ2v) is 3.45. The predicted octanol–water partition coefficient (Wildman–Crippen LogP) is 2.03. The van der Waals surface area contributed by atoms with E-state index in [4.69, 9.17) is 4.74 Å². The number of hydrogen-bond acceptors (Lipinski definition) is 3. The Morgan fingerprint density at radius 3 is 3.08 bits per heavy atom. The lowest BCUT2D eigenvalue weighted by molar-refractivity contribution is 0.0118. The van der Waals surface area contributed by atoms with Crippen LogP contribution in [0.1, 0.15) is 36.6 Å². The number of aryl methyl sites for hydroxylation is 1. The van der Waals surface area contributed by atoms with E-state index in [0.717, 1.165) is 24.3 Å². The van der Waals surface area contributed by atoms with Crippen LogP contribution < -0.4 is 0 Å². The van der Waals surface area contributed by atoms with Gasteiger partial charge in [0.1, 0.15) is 6.33 Å². The lowest BCUT2D eigenvalue weighted by atomic mass is 10.0. The summed E-state index contributed by atoms with van der Waals surface area (Å²) in [6.07, 6.45) is 7.17. The minimum Gasteiger partial charge on any atom is -0.372 e. The van der Waals surface area contributed by atoms with Crippen molar-refractivity contribution in [2.45, 2.75) is 32.3 Å². The standard InChI is InChI=1S/C10H14N2O/c1-8-6-11-7-12-10(8)9-4-2-3-5-13-9/h6-7,9H,2-5H2,1H3. The van der Waals surface area contributed by atoms with Gasteiger partial charge in [-0.05, 0) is 31.7 Å². The first kappa shape index (κ1) is 8.63. The molecule has 0 N–H and O–H groups in total. The first-order valence-electron chi connectivity index (χ1n) is 4.76. The van der Waals surface area contributed by atoms with E-state index >= 15 is 0 Å². The van der Waals surface area contributed by atoms with Crippen molar-refractivity contribution < 1.29 is 4.74 Å². The van der Waals surface area contributed by atoms with E-state index in [-0.39, 0.29) is 6.10 Å². The van der Waals surface area contributed by atoms with Crippen molar-refractivity contribution in [2.75, 3.05) is 6.61 Å². The molecule has 13 heavy (non-hydrogen) atoms. The summed E-state index contributed by atoms with van der Waals surface area (Å²) in [4.78, 5) is 8.24. The van der Waals surface area contributed by atoms with Crippen LogP contribution in [0.3, 0.4) is 0 Å². The molecular formula is C10H14N2O. The van der Waals surface area contributed by atoms with Crippen LogP contribution >= 0.6 is 0 Å². The van der Waals surface area contributed by atoms with Crippen LogP contribution in [0.25, 0.3) is 0 Å². The highest BCUT2D eigenvalue weighted by Gasteiger charge is 2.18. The van der Waals surface area contributed by atoms with Crippen LogP contribution in [0, 0.1) is 6.92 Å². The van der Waals surface area contributed by atoms with Crippen LogP contribution in [0.15, 0.2) is 12.5 Å². The number of rotatable bonds is 1. The number of hydrogen-bond donors (Lipinski definition) is 0. The highest BCUT2D eigenvalue weighted by atomic mass is 16.5. The van der Waals surface area contributed by atoms with Gasteiger partial charge in [0, 0.05) is 12.8 Å². The quantitative estimate of drug-likeness (QED) is 0.660. The maximum atomic E-state index is 5.65. The molecule has 1 atom stereocenters. The van der Waals surface area contributed by atoms with Crippen LogP contribution in [-0.2, 0) is 4.74 Å². The summed E-state index contributed by atoms with van der Waals surface area (Å²) < 4.78 is 5.65. The minimum atomic E-state index is 0.205. The van der Waals surface area contributed by atoms with Crippen molar-refractivity contribution in [2.24, 2.45) is 0 Å². The SMILES string of the molecule is Cc1cncnc1C1CCCCO1. The van der Waals surface area contributed by atoms with Crippen molar-refractivity contribution in [1.82, 2.24) is 9.97 Å². The molecule has 70 valence electrons. The third-order valence-electron chi connectivity index (χ3n) is 2.42. The molecule has 1 aliphatic heterocycles. The maximum Gasteiger partial charge on any atom is 0.115 e. The summed E-state index contributed by atoms with van der Waals surface area (Å²) in [5.74, 6) is 0. The second kappa shape index (κ2) is 3.83. The topological polar surface area (TPSA) is 35.0 Å². The normalized spacial score (nSPS) is 23.0. The van der Waals surface area contributed by atoms with Gasteiger partial charge in [-0.15, -0.1) is 0 Å². The van der Waals surface area contributed by atoms with Crippen LogP contribution in [-0.4, -0.2) is 16.6 Å². The maximum absolute atomic E-state index is 5.65. The van der Waals surface area contributed by atoms with Crippen molar-refractivity contribution >= 4 is 0 Å². The Labute approximate surface area is 78.2 Å². The summed E-state index contributed by atoms with van der Waals surface area (Å²) in [6.45, 7) is 2.90. The van der Waals surface area contributed by atoms with Crippen LogP contribution in [0.5, 0.6) is 0 Å². The highest BCUT2D eigenvalue weighted by molar-refractivity contribution is 5.16. The lowest BCUT2D eigenvalue weighted by Crippen LogP contribution is -2.14. The van der Waals surface area contributed by atoms with Gasteiger partial charge in [0.2, 0.25) is 0 Å². The molecule has 2 rings (SSSR count). The third-order valence-corrected chi connectivity index (χ3v) is 2.42. The smallest absolute Gasteiger partial charge is 0.115 e. The molecule has 1 aromatic heterocycles. The Bertz CT molecular complexity index is 282. The molecule has 1 fully saturated rings. The average Bonchev–Trinajstić information content (AvgIpc) is 2.20. The molecule has 0 amide bonds. The largest absolute Gasteiger partial charge is 0.372 e. The molecule has 3 heteroatoms. The van der Waals surface area contributed by atoms with E-state index in [2.05, 4.69) is 9.97 Å². The molecule has 0 aromatic carbocycles. The van der Waals surface area contributed by atoms with E-state index in [1.807, 2.05) is 13.1 Å². The molecule has 0 saturated carbocycles. The third kappa shape index (κ3) is 1.86. The second-order valence-electron chi connectivity index (χ2n) is 3.45. The Hall–Kier alpha value is -0.960. The summed E-state index contributed by atoms with van der Waals surface area (Å²) in [5.41, 5.74) is 2.20. The Kier molecular flexibility index (Phi) is 2.54. The van der Waals surface area contributed by atoms with Crippen molar-refractivity contribution in [3.05, 3.63) is 23.8 Å². The van der Waals surface area contributed by atoms with Gasteiger partial charge in [-0.3, -0.25) is 0 Å². The molecule has 0 bridgehead atoms. The van der Waals surface area contributed by atoms with Crippen LogP contribution in [0.4, 0.5) is 0 Å². The number of ether oxygens (including phenoxy) is 1. The van der Waals surface area contributed by atoms with Gasteiger partial charge >= 0.3 is 0 Å². The van der Waals surface area contributed by atoms with Gasteiger partial charge in [0.25, 0.3) is 0 Å². The van der Waals surface area contributed by atoms with Gasteiger partial charge in [-0.2, -0.15) is 0 Å². The molecule has 1 saturated heterocycles. The monoisotopic (exact) mass is 178 g/mol. The van der Waals surface area contributed by atoms with E-state index in [1.54, 1.807) is 6.33 Å². The summed E-state index contributed by atoms with van der Waals surface area (Å²) in [6, 6.07) is 0. The van der Waals surface area contributed by atoms with Gasteiger partial charge in [-0.1, -0.05) is 0 Å². The molecule has 0 spiro atoms.